The van der Waals surface area contributed by atoms with E-state index in [1.807, 2.05) is 48.5 Å². The SMILES string of the molecule is CN=C(NCCc1cccc(C(=O)N(C)C)c1)NCc1cccc(OCC(=O)N(C)C)c1.I. The van der Waals surface area contributed by atoms with E-state index in [1.165, 1.54) is 4.90 Å². The highest BCUT2D eigenvalue weighted by Gasteiger charge is 2.08. The molecule has 2 amide bonds. The Hall–Kier alpha value is -2.82. The van der Waals surface area contributed by atoms with E-state index >= 15 is 0 Å². The number of amides is 2. The van der Waals surface area contributed by atoms with E-state index in [0.717, 1.165) is 17.5 Å². The summed E-state index contributed by atoms with van der Waals surface area (Å²) in [6, 6.07) is 15.3. The number of ether oxygens (including phenoxy) is 1. The van der Waals surface area contributed by atoms with Crippen LogP contribution in [0.15, 0.2) is 53.5 Å². The van der Waals surface area contributed by atoms with E-state index in [2.05, 4.69) is 15.6 Å². The number of carbonyl (C=O) groups excluding carboxylic acids is 2. The molecule has 9 heteroatoms. The summed E-state index contributed by atoms with van der Waals surface area (Å²) in [5.41, 5.74) is 2.78. The Balaban J connectivity index is 0.00000544. The van der Waals surface area contributed by atoms with Gasteiger partial charge in [-0.1, -0.05) is 24.3 Å². The summed E-state index contributed by atoms with van der Waals surface area (Å²) < 4.78 is 5.57. The summed E-state index contributed by atoms with van der Waals surface area (Å²) >= 11 is 0. The van der Waals surface area contributed by atoms with Crippen LogP contribution in [0.25, 0.3) is 0 Å². The molecule has 2 aromatic carbocycles. The predicted octanol–water partition coefficient (Wildman–Crippen LogP) is 2.38. The van der Waals surface area contributed by atoms with Crippen LogP contribution >= 0.6 is 24.0 Å². The number of benzene rings is 2. The molecule has 8 nitrogen and oxygen atoms in total. The van der Waals surface area contributed by atoms with Gasteiger partial charge in [0.2, 0.25) is 0 Å². The fourth-order valence-corrected chi connectivity index (χ4v) is 2.87. The first kappa shape index (κ1) is 28.2. The van der Waals surface area contributed by atoms with Crippen molar-refractivity contribution >= 4 is 41.8 Å². The minimum Gasteiger partial charge on any atom is -0.484 e. The van der Waals surface area contributed by atoms with E-state index in [-0.39, 0.29) is 42.4 Å². The number of nitrogens with zero attached hydrogens (tertiary/aromatic N) is 3. The summed E-state index contributed by atoms with van der Waals surface area (Å²) in [6.45, 7) is 1.24. The normalized spacial score (nSPS) is 10.6. The van der Waals surface area contributed by atoms with Gasteiger partial charge < -0.3 is 25.2 Å². The minimum atomic E-state index is -0.0882. The van der Waals surface area contributed by atoms with E-state index in [4.69, 9.17) is 4.74 Å². The minimum absolute atomic E-state index is 0. The van der Waals surface area contributed by atoms with Crippen LogP contribution in [0.5, 0.6) is 5.75 Å². The molecule has 0 fully saturated rings. The summed E-state index contributed by atoms with van der Waals surface area (Å²) in [7, 11) is 8.61. The molecule has 0 unspecified atom stereocenters. The van der Waals surface area contributed by atoms with E-state index in [1.54, 1.807) is 40.1 Å². The van der Waals surface area contributed by atoms with Crippen molar-refractivity contribution in [1.29, 1.82) is 0 Å². The number of guanidine groups is 1. The van der Waals surface area contributed by atoms with Gasteiger partial charge in [-0.25, -0.2) is 0 Å². The summed E-state index contributed by atoms with van der Waals surface area (Å²) in [6.07, 6.45) is 0.762. The molecule has 0 heterocycles. The van der Waals surface area contributed by atoms with Gasteiger partial charge in [0.25, 0.3) is 11.8 Å². The number of likely N-dealkylation sites (N-methyl/N-ethyl adjacent to an activating group) is 1. The van der Waals surface area contributed by atoms with E-state index in [9.17, 15) is 9.59 Å². The zero-order chi connectivity index (χ0) is 23.5. The van der Waals surface area contributed by atoms with Crippen molar-refractivity contribution in [2.24, 2.45) is 4.99 Å². The van der Waals surface area contributed by atoms with Gasteiger partial charge in [-0.2, -0.15) is 0 Å². The molecule has 0 saturated heterocycles. The zero-order valence-electron chi connectivity index (χ0n) is 19.9. The van der Waals surface area contributed by atoms with E-state index < -0.39 is 0 Å². The number of halogens is 1. The van der Waals surface area contributed by atoms with Crippen molar-refractivity contribution in [2.75, 3.05) is 48.4 Å². The Bertz CT molecular complexity index is 947. The third kappa shape index (κ3) is 9.68. The molecule has 0 atom stereocenters. The second-order valence-electron chi connectivity index (χ2n) is 7.73. The van der Waals surface area contributed by atoms with Crippen LogP contribution in [-0.2, 0) is 17.8 Å². The van der Waals surface area contributed by atoms with Crippen LogP contribution in [0.1, 0.15) is 21.5 Å². The molecule has 2 aromatic rings. The first-order chi connectivity index (χ1) is 15.3. The van der Waals surface area contributed by atoms with Crippen LogP contribution in [0.4, 0.5) is 0 Å². The molecular formula is C24H34IN5O3. The molecule has 0 aliphatic heterocycles. The topological polar surface area (TPSA) is 86.3 Å². The fourth-order valence-electron chi connectivity index (χ4n) is 2.87. The molecule has 2 N–H and O–H groups in total. The Morgan fingerprint density at radius 3 is 2.30 bits per heavy atom. The first-order valence-corrected chi connectivity index (χ1v) is 10.5. The third-order valence-corrected chi connectivity index (χ3v) is 4.73. The molecule has 33 heavy (non-hydrogen) atoms. The Morgan fingerprint density at radius 2 is 1.64 bits per heavy atom. The van der Waals surface area contributed by atoms with Gasteiger partial charge in [0.1, 0.15) is 5.75 Å². The maximum atomic E-state index is 12.1. The molecule has 0 bridgehead atoms. The monoisotopic (exact) mass is 567 g/mol. The summed E-state index contributed by atoms with van der Waals surface area (Å²) in [4.78, 5) is 31.1. The lowest BCUT2D eigenvalue weighted by Gasteiger charge is -2.14. The Kier molecular flexibility index (Phi) is 12.3. The lowest BCUT2D eigenvalue weighted by Crippen LogP contribution is -2.37. The average Bonchev–Trinajstić information content (AvgIpc) is 2.79. The molecule has 2 rings (SSSR count). The van der Waals surface area contributed by atoms with Gasteiger partial charge in [-0.05, 0) is 41.8 Å². The maximum absolute atomic E-state index is 12.1. The van der Waals surface area contributed by atoms with Crippen LogP contribution in [0, 0.1) is 0 Å². The lowest BCUT2D eigenvalue weighted by atomic mass is 10.1. The molecule has 0 spiro atoms. The standard InChI is InChI=1S/C24H33N5O3.HI/c1-25-24(26-13-12-18-8-6-10-20(14-18)23(31)29(4)5)27-16-19-9-7-11-21(15-19)32-17-22(30)28(2)3;/h6-11,14-15H,12-13,16-17H2,1-5H3,(H2,25,26,27);1H. The second kappa shape index (κ2) is 14.4. The molecule has 180 valence electrons. The number of carbonyl (C=O) groups is 2. The van der Waals surface area contributed by atoms with Gasteiger partial charge in [0, 0.05) is 53.9 Å². The van der Waals surface area contributed by atoms with Crippen LogP contribution in [-0.4, -0.2) is 76.0 Å². The summed E-state index contributed by atoms with van der Waals surface area (Å²) in [5, 5.41) is 6.56. The van der Waals surface area contributed by atoms with Crippen LogP contribution in [0.2, 0.25) is 0 Å². The highest BCUT2D eigenvalue weighted by molar-refractivity contribution is 14.0. The average molecular weight is 567 g/mol. The number of aliphatic imine (C=N–C) groups is 1. The van der Waals surface area contributed by atoms with Crippen molar-refractivity contribution in [3.8, 4) is 5.75 Å². The van der Waals surface area contributed by atoms with Crippen LogP contribution in [0.3, 0.4) is 0 Å². The molecule has 0 aliphatic carbocycles. The second-order valence-corrected chi connectivity index (χ2v) is 7.73. The van der Waals surface area contributed by atoms with Gasteiger partial charge in [0.05, 0.1) is 0 Å². The smallest absolute Gasteiger partial charge is 0.259 e. The zero-order valence-corrected chi connectivity index (χ0v) is 22.3. The van der Waals surface area contributed by atoms with Gasteiger partial charge >= 0.3 is 0 Å². The molecule has 0 aromatic heterocycles. The number of hydrogen-bond donors (Lipinski definition) is 2. The highest BCUT2D eigenvalue weighted by atomic mass is 127. The Labute approximate surface area is 213 Å². The lowest BCUT2D eigenvalue weighted by molar-refractivity contribution is -0.130. The molecule has 0 aliphatic rings. The van der Waals surface area contributed by atoms with Crippen molar-refractivity contribution in [2.45, 2.75) is 13.0 Å². The number of hydrogen-bond acceptors (Lipinski definition) is 4. The van der Waals surface area contributed by atoms with Gasteiger partial charge in [-0.3, -0.25) is 14.6 Å². The highest BCUT2D eigenvalue weighted by Crippen LogP contribution is 2.13. The maximum Gasteiger partial charge on any atom is 0.259 e. The summed E-state index contributed by atoms with van der Waals surface area (Å²) in [5.74, 6) is 1.23. The quantitative estimate of drug-likeness (QED) is 0.276. The van der Waals surface area contributed by atoms with Crippen molar-refractivity contribution < 1.29 is 14.3 Å². The number of nitrogens with one attached hydrogen (secondary N) is 2. The van der Waals surface area contributed by atoms with Crippen molar-refractivity contribution in [3.63, 3.8) is 0 Å². The van der Waals surface area contributed by atoms with Crippen LogP contribution < -0.4 is 15.4 Å². The third-order valence-electron chi connectivity index (χ3n) is 4.73. The molecular weight excluding hydrogens is 533 g/mol. The molecule has 0 saturated carbocycles. The fraction of sp³-hybridized carbons (Fsp3) is 0.375. The molecule has 0 radical (unpaired) electrons. The van der Waals surface area contributed by atoms with Gasteiger partial charge in [-0.15, -0.1) is 24.0 Å². The Morgan fingerprint density at radius 1 is 0.939 bits per heavy atom. The van der Waals surface area contributed by atoms with E-state index in [0.29, 0.717) is 30.4 Å². The van der Waals surface area contributed by atoms with Crippen molar-refractivity contribution in [3.05, 3.63) is 65.2 Å². The first-order valence-electron chi connectivity index (χ1n) is 10.5. The largest absolute Gasteiger partial charge is 0.484 e. The predicted molar refractivity (Wildman–Crippen MR) is 142 cm³/mol. The van der Waals surface area contributed by atoms with Gasteiger partial charge in [0.15, 0.2) is 12.6 Å². The number of rotatable bonds is 9. The van der Waals surface area contributed by atoms with Crippen molar-refractivity contribution in [1.82, 2.24) is 20.4 Å².